The molecule has 1 amide bonds. The van der Waals surface area contributed by atoms with Crippen molar-refractivity contribution in [2.45, 2.75) is 105 Å². The fraction of sp³-hybridized carbons (Fsp3) is 0.590. The van der Waals surface area contributed by atoms with Gasteiger partial charge in [-0.2, -0.15) is 0 Å². The van der Waals surface area contributed by atoms with Gasteiger partial charge in [0, 0.05) is 38.0 Å². The van der Waals surface area contributed by atoms with Crippen LogP contribution in [0.1, 0.15) is 98.9 Å². The maximum absolute atomic E-state index is 13.5. The number of allylic oxidation sites excluding steroid dienone is 1. The molecule has 0 radical (unpaired) electrons. The number of rotatable bonds is 11. The Bertz CT molecular complexity index is 1490. The second-order valence-electron chi connectivity index (χ2n) is 15.3. The summed E-state index contributed by atoms with van der Waals surface area (Å²) >= 11 is 0. The van der Waals surface area contributed by atoms with Crippen LogP contribution in [0.15, 0.2) is 36.4 Å². The Morgan fingerprint density at radius 1 is 0.958 bits per heavy atom. The summed E-state index contributed by atoms with van der Waals surface area (Å²) in [5, 5.41) is 44.6. The Labute approximate surface area is 286 Å². The van der Waals surface area contributed by atoms with E-state index in [0.29, 0.717) is 25.1 Å². The van der Waals surface area contributed by atoms with E-state index in [1.165, 1.54) is 5.56 Å². The molecule has 0 spiro atoms. The Balaban J connectivity index is 1.52. The van der Waals surface area contributed by atoms with Crippen LogP contribution in [0.2, 0.25) is 0 Å². The Hall–Kier alpha value is -2.92. The SMILES string of the molecule is Cc1cc(/C=C/C(C)(C)C(=O)CC(C)(C)C(=O)N2CCNCC2)ccc1Cc1cc([C@@H]2O[C@H](CO)[C@@H](O)[C@H](O)[C@H]2O)c(C)cc1C(C)C. The third-order valence-electron chi connectivity index (χ3n) is 10.1. The minimum absolute atomic E-state index is 0.0244. The molecule has 2 aromatic carbocycles. The highest BCUT2D eigenvalue weighted by molar-refractivity contribution is 5.93. The van der Waals surface area contributed by atoms with Crippen molar-refractivity contribution >= 4 is 17.8 Å². The van der Waals surface area contributed by atoms with Crippen molar-refractivity contribution in [1.82, 2.24) is 10.2 Å². The van der Waals surface area contributed by atoms with Gasteiger partial charge in [-0.25, -0.2) is 0 Å². The summed E-state index contributed by atoms with van der Waals surface area (Å²) in [5.74, 6) is 0.288. The zero-order valence-electron chi connectivity index (χ0n) is 29.9. The van der Waals surface area contributed by atoms with E-state index in [0.717, 1.165) is 40.9 Å². The van der Waals surface area contributed by atoms with E-state index in [-0.39, 0.29) is 24.0 Å². The Morgan fingerprint density at radius 2 is 1.62 bits per heavy atom. The standard InChI is InChI=1S/C39H56N2O7/c1-23(2)29-18-25(4)30(36-35(46)34(45)33(44)31(22-42)48-36)20-28(29)19-27-10-9-26(17-24(27)3)11-12-38(5,6)32(43)21-39(7,8)37(47)41-15-13-40-14-16-41/h9-12,17-18,20,23,31,33-36,40,42,44-46H,13-16,19,21-22H2,1-8H3/b12-11+/t31-,33-,34+,35-,36+/m1/s1. The van der Waals surface area contributed by atoms with Crippen LogP contribution in [0.5, 0.6) is 0 Å². The molecule has 2 aliphatic rings. The first-order valence-electron chi connectivity index (χ1n) is 17.2. The van der Waals surface area contributed by atoms with E-state index < -0.39 is 48.0 Å². The molecule has 0 saturated carbocycles. The minimum Gasteiger partial charge on any atom is -0.394 e. The smallest absolute Gasteiger partial charge is 0.228 e. The van der Waals surface area contributed by atoms with Gasteiger partial charge in [-0.3, -0.25) is 9.59 Å². The molecule has 9 nitrogen and oxygen atoms in total. The van der Waals surface area contributed by atoms with Crippen LogP contribution in [0.3, 0.4) is 0 Å². The number of piperazine rings is 1. The molecule has 2 fully saturated rings. The average Bonchev–Trinajstić information content (AvgIpc) is 3.04. The molecule has 9 heteroatoms. The topological polar surface area (TPSA) is 140 Å². The number of carbonyl (C=O) groups is 2. The van der Waals surface area contributed by atoms with Crippen molar-refractivity contribution < 1.29 is 34.8 Å². The highest BCUT2D eigenvalue weighted by Crippen LogP contribution is 2.37. The van der Waals surface area contributed by atoms with Crippen LogP contribution in [-0.2, 0) is 20.7 Å². The zero-order valence-corrected chi connectivity index (χ0v) is 29.9. The molecule has 0 unspecified atom stereocenters. The number of amides is 1. The van der Waals surface area contributed by atoms with E-state index in [1.807, 2.05) is 63.8 Å². The second kappa shape index (κ2) is 15.3. The first kappa shape index (κ1) is 37.9. The van der Waals surface area contributed by atoms with E-state index in [4.69, 9.17) is 4.74 Å². The van der Waals surface area contributed by atoms with Crippen molar-refractivity contribution in [2.75, 3.05) is 32.8 Å². The van der Waals surface area contributed by atoms with Gasteiger partial charge in [0.2, 0.25) is 5.91 Å². The van der Waals surface area contributed by atoms with Gasteiger partial charge in [0.15, 0.2) is 0 Å². The monoisotopic (exact) mass is 664 g/mol. The molecule has 48 heavy (non-hydrogen) atoms. The fourth-order valence-corrected chi connectivity index (χ4v) is 6.77. The third kappa shape index (κ3) is 8.44. The van der Waals surface area contributed by atoms with E-state index in [1.54, 1.807) is 0 Å². The van der Waals surface area contributed by atoms with Gasteiger partial charge in [-0.05, 0) is 79.0 Å². The Kier molecular flexibility index (Phi) is 12.1. The first-order chi connectivity index (χ1) is 22.5. The van der Waals surface area contributed by atoms with Crippen LogP contribution in [-0.4, -0.2) is 94.2 Å². The van der Waals surface area contributed by atoms with Gasteiger partial charge in [-0.15, -0.1) is 0 Å². The number of carbonyl (C=O) groups excluding carboxylic acids is 2. The van der Waals surface area contributed by atoms with Gasteiger partial charge in [0.25, 0.3) is 0 Å². The number of Topliss-reactive ketones (excluding diaryl/α,β-unsaturated/α-hetero) is 1. The molecule has 2 aromatic rings. The number of aliphatic hydroxyl groups excluding tert-OH is 4. The molecule has 5 atom stereocenters. The summed E-state index contributed by atoms with van der Waals surface area (Å²) in [7, 11) is 0. The van der Waals surface area contributed by atoms with Crippen LogP contribution in [0, 0.1) is 24.7 Å². The van der Waals surface area contributed by atoms with Crippen molar-refractivity contribution in [3.05, 3.63) is 75.4 Å². The molecule has 2 heterocycles. The summed E-state index contributed by atoms with van der Waals surface area (Å²) in [6, 6.07) is 10.4. The molecular formula is C39H56N2O7. The molecule has 4 rings (SSSR count). The molecule has 0 aliphatic carbocycles. The van der Waals surface area contributed by atoms with Crippen LogP contribution >= 0.6 is 0 Å². The van der Waals surface area contributed by atoms with Crippen molar-refractivity contribution in [3.63, 3.8) is 0 Å². The highest BCUT2D eigenvalue weighted by atomic mass is 16.5. The lowest BCUT2D eigenvalue weighted by Gasteiger charge is -2.41. The molecule has 0 bridgehead atoms. The van der Waals surface area contributed by atoms with Crippen molar-refractivity contribution in [2.24, 2.45) is 10.8 Å². The second-order valence-corrected chi connectivity index (χ2v) is 15.3. The average molecular weight is 665 g/mol. The largest absolute Gasteiger partial charge is 0.394 e. The van der Waals surface area contributed by atoms with Crippen molar-refractivity contribution in [3.8, 4) is 0 Å². The number of nitrogens with zero attached hydrogens (tertiary/aromatic N) is 1. The summed E-state index contributed by atoms with van der Waals surface area (Å²) in [6.45, 7) is 18.2. The summed E-state index contributed by atoms with van der Waals surface area (Å²) in [4.78, 5) is 28.5. The van der Waals surface area contributed by atoms with Gasteiger partial charge >= 0.3 is 0 Å². The van der Waals surface area contributed by atoms with Gasteiger partial charge in [0.1, 0.15) is 36.3 Å². The third-order valence-corrected chi connectivity index (χ3v) is 10.1. The molecule has 5 N–H and O–H groups in total. The molecule has 2 saturated heterocycles. The molecule has 2 aliphatic heterocycles. The quantitative estimate of drug-likeness (QED) is 0.243. The first-order valence-corrected chi connectivity index (χ1v) is 17.2. The summed E-state index contributed by atoms with van der Waals surface area (Å²) in [5.41, 5.74) is 5.53. The predicted molar refractivity (Wildman–Crippen MR) is 188 cm³/mol. The lowest BCUT2D eigenvalue weighted by molar-refractivity contribution is -0.231. The van der Waals surface area contributed by atoms with E-state index in [9.17, 15) is 30.0 Å². The maximum Gasteiger partial charge on any atom is 0.228 e. The number of nitrogens with one attached hydrogen (secondary N) is 1. The van der Waals surface area contributed by atoms with Gasteiger partial charge in [-0.1, -0.05) is 70.2 Å². The number of hydrogen-bond acceptors (Lipinski definition) is 8. The van der Waals surface area contributed by atoms with E-state index in [2.05, 4.69) is 44.3 Å². The van der Waals surface area contributed by atoms with Gasteiger partial charge in [0.05, 0.1) is 12.0 Å². The number of aryl methyl sites for hydroxylation is 2. The lowest BCUT2D eigenvalue weighted by atomic mass is 9.76. The Morgan fingerprint density at radius 3 is 2.23 bits per heavy atom. The van der Waals surface area contributed by atoms with Crippen molar-refractivity contribution in [1.29, 1.82) is 0 Å². The lowest BCUT2D eigenvalue weighted by Crippen LogP contribution is -2.55. The van der Waals surface area contributed by atoms with Crippen LogP contribution < -0.4 is 5.32 Å². The molecule has 0 aromatic heterocycles. The number of benzene rings is 2. The number of aliphatic hydroxyl groups is 4. The number of hydrogen-bond donors (Lipinski definition) is 5. The summed E-state index contributed by atoms with van der Waals surface area (Å²) < 4.78 is 5.92. The highest BCUT2D eigenvalue weighted by Gasteiger charge is 2.44. The number of ketones is 1. The van der Waals surface area contributed by atoms with Crippen LogP contribution in [0.4, 0.5) is 0 Å². The number of ether oxygens (including phenoxy) is 1. The minimum atomic E-state index is -1.44. The van der Waals surface area contributed by atoms with Gasteiger partial charge < -0.3 is 35.4 Å². The fourth-order valence-electron chi connectivity index (χ4n) is 6.77. The van der Waals surface area contributed by atoms with E-state index >= 15 is 0 Å². The normalized spacial score (nSPS) is 24.0. The molecule has 264 valence electrons. The molecular weight excluding hydrogens is 608 g/mol. The maximum atomic E-state index is 13.5. The summed E-state index contributed by atoms with van der Waals surface area (Å²) in [6.07, 6.45) is -1.36. The van der Waals surface area contributed by atoms with Crippen LogP contribution in [0.25, 0.3) is 6.08 Å². The zero-order chi connectivity index (χ0) is 35.6. The predicted octanol–water partition coefficient (Wildman–Crippen LogP) is 3.99.